The van der Waals surface area contributed by atoms with Crippen molar-refractivity contribution in [3.63, 3.8) is 0 Å². The quantitative estimate of drug-likeness (QED) is 0.887. The molecule has 18 heavy (non-hydrogen) atoms. The molecule has 5 heteroatoms. The summed E-state index contributed by atoms with van der Waals surface area (Å²) in [4.78, 5) is 0. The number of rotatable bonds is 3. The summed E-state index contributed by atoms with van der Waals surface area (Å²) in [5.74, 6) is 0. The van der Waals surface area contributed by atoms with Gasteiger partial charge < -0.3 is 9.84 Å². The van der Waals surface area contributed by atoms with Gasteiger partial charge in [-0.05, 0) is 26.7 Å². The SMILES string of the molecule is CC(C)n1cc(C(O)C2(C#N)CCCOC2)cn1. The Hall–Kier alpha value is -1.38. The predicted molar refractivity (Wildman–Crippen MR) is 65.7 cm³/mol. The Bertz CT molecular complexity index is 441. The van der Waals surface area contributed by atoms with E-state index in [1.54, 1.807) is 10.9 Å². The Balaban J connectivity index is 2.23. The summed E-state index contributed by atoms with van der Waals surface area (Å²) < 4.78 is 7.15. The van der Waals surface area contributed by atoms with Crippen LogP contribution in [0.5, 0.6) is 0 Å². The van der Waals surface area contributed by atoms with Crippen LogP contribution in [0.1, 0.15) is 44.4 Å². The molecule has 1 aliphatic heterocycles. The average molecular weight is 249 g/mol. The summed E-state index contributed by atoms with van der Waals surface area (Å²) in [5.41, 5.74) is -0.140. The maximum absolute atomic E-state index is 10.4. The van der Waals surface area contributed by atoms with Gasteiger partial charge in [-0.3, -0.25) is 4.68 Å². The molecule has 2 unspecified atom stereocenters. The normalized spacial score (nSPS) is 25.9. The summed E-state index contributed by atoms with van der Waals surface area (Å²) >= 11 is 0. The van der Waals surface area contributed by atoms with E-state index in [2.05, 4.69) is 11.2 Å². The molecule has 0 saturated carbocycles. The van der Waals surface area contributed by atoms with Crippen molar-refractivity contribution in [2.75, 3.05) is 13.2 Å². The molecule has 1 aromatic heterocycles. The molecule has 0 radical (unpaired) electrons. The van der Waals surface area contributed by atoms with Gasteiger partial charge >= 0.3 is 0 Å². The topological polar surface area (TPSA) is 71.1 Å². The Morgan fingerprint density at radius 1 is 1.61 bits per heavy atom. The molecule has 5 nitrogen and oxygen atoms in total. The predicted octanol–water partition coefficient (Wildman–Crippen LogP) is 1.82. The molecule has 1 saturated heterocycles. The lowest BCUT2D eigenvalue weighted by Gasteiger charge is -2.34. The van der Waals surface area contributed by atoms with Crippen molar-refractivity contribution in [2.24, 2.45) is 5.41 Å². The minimum absolute atomic E-state index is 0.242. The van der Waals surface area contributed by atoms with Crippen LogP contribution in [0.4, 0.5) is 0 Å². The summed E-state index contributed by atoms with van der Waals surface area (Å²) in [7, 11) is 0. The second-order valence-electron chi connectivity index (χ2n) is 5.17. The van der Waals surface area contributed by atoms with E-state index in [0.29, 0.717) is 18.6 Å². The fourth-order valence-corrected chi connectivity index (χ4v) is 2.28. The lowest BCUT2D eigenvalue weighted by Crippen LogP contribution is -2.36. The van der Waals surface area contributed by atoms with Crippen LogP contribution in [-0.4, -0.2) is 28.1 Å². The number of aliphatic hydroxyl groups is 1. The van der Waals surface area contributed by atoms with E-state index in [-0.39, 0.29) is 12.6 Å². The standard InChI is InChI=1S/C13H19N3O2/c1-10(2)16-7-11(6-15-16)12(17)13(8-14)4-3-5-18-9-13/h6-7,10,12,17H,3-5,9H2,1-2H3. The summed E-state index contributed by atoms with van der Waals surface area (Å²) in [6.07, 6.45) is 4.08. The highest BCUT2D eigenvalue weighted by atomic mass is 16.5. The third-order valence-corrected chi connectivity index (χ3v) is 3.48. The number of aromatic nitrogens is 2. The smallest absolute Gasteiger partial charge is 0.111 e. The van der Waals surface area contributed by atoms with Gasteiger partial charge in [-0.2, -0.15) is 10.4 Å². The molecule has 0 aromatic carbocycles. The van der Waals surface area contributed by atoms with E-state index >= 15 is 0 Å². The van der Waals surface area contributed by atoms with Gasteiger partial charge in [0, 0.05) is 24.4 Å². The zero-order valence-electron chi connectivity index (χ0n) is 10.8. The number of nitriles is 1. The third kappa shape index (κ3) is 2.26. The summed E-state index contributed by atoms with van der Waals surface area (Å²) in [6, 6.07) is 2.48. The lowest BCUT2D eigenvalue weighted by molar-refractivity contribution is -0.0506. The first-order valence-corrected chi connectivity index (χ1v) is 6.30. The molecular formula is C13H19N3O2. The summed E-state index contributed by atoms with van der Waals surface area (Å²) in [6.45, 7) is 5.00. The first-order valence-electron chi connectivity index (χ1n) is 6.30. The molecule has 98 valence electrons. The van der Waals surface area contributed by atoms with Gasteiger partial charge in [0.1, 0.15) is 11.5 Å². The number of hydrogen-bond donors (Lipinski definition) is 1. The first kappa shape index (κ1) is 13.1. The van der Waals surface area contributed by atoms with Gasteiger partial charge in [-0.1, -0.05) is 0 Å². The molecule has 1 aliphatic rings. The monoisotopic (exact) mass is 249 g/mol. The van der Waals surface area contributed by atoms with Crippen LogP contribution in [0, 0.1) is 16.7 Å². The Morgan fingerprint density at radius 2 is 2.39 bits per heavy atom. The largest absolute Gasteiger partial charge is 0.387 e. The Morgan fingerprint density at radius 3 is 2.89 bits per heavy atom. The van der Waals surface area contributed by atoms with Gasteiger partial charge in [0.2, 0.25) is 0 Å². The Labute approximate surface area is 107 Å². The zero-order chi connectivity index (χ0) is 13.2. The first-order chi connectivity index (χ1) is 8.59. The zero-order valence-corrected chi connectivity index (χ0v) is 10.8. The fraction of sp³-hybridized carbons (Fsp3) is 0.692. The minimum Gasteiger partial charge on any atom is -0.387 e. The molecule has 0 bridgehead atoms. The second-order valence-corrected chi connectivity index (χ2v) is 5.17. The molecular weight excluding hydrogens is 230 g/mol. The van der Waals surface area contributed by atoms with E-state index in [1.807, 2.05) is 20.0 Å². The van der Waals surface area contributed by atoms with Crippen LogP contribution in [0.25, 0.3) is 0 Å². The van der Waals surface area contributed by atoms with Crippen molar-refractivity contribution < 1.29 is 9.84 Å². The molecule has 2 heterocycles. The lowest BCUT2D eigenvalue weighted by atomic mass is 9.77. The van der Waals surface area contributed by atoms with Gasteiger partial charge in [-0.15, -0.1) is 0 Å². The van der Waals surface area contributed by atoms with Gasteiger partial charge in [0.25, 0.3) is 0 Å². The highest BCUT2D eigenvalue weighted by molar-refractivity contribution is 5.18. The van der Waals surface area contributed by atoms with Crippen molar-refractivity contribution >= 4 is 0 Å². The van der Waals surface area contributed by atoms with Crippen LogP contribution in [0.3, 0.4) is 0 Å². The third-order valence-electron chi connectivity index (χ3n) is 3.48. The Kier molecular flexibility index (Phi) is 3.69. The minimum atomic E-state index is -0.838. The van der Waals surface area contributed by atoms with Gasteiger partial charge in [-0.25, -0.2) is 0 Å². The molecule has 0 spiro atoms. The highest BCUT2D eigenvalue weighted by Gasteiger charge is 2.41. The number of hydrogen-bond acceptors (Lipinski definition) is 4. The van der Waals surface area contributed by atoms with Crippen LogP contribution in [0.15, 0.2) is 12.4 Å². The van der Waals surface area contributed by atoms with Crippen molar-refractivity contribution in [2.45, 2.75) is 38.8 Å². The van der Waals surface area contributed by atoms with E-state index in [1.165, 1.54) is 0 Å². The average Bonchev–Trinajstić information content (AvgIpc) is 2.88. The number of ether oxygens (including phenoxy) is 1. The molecule has 2 rings (SSSR count). The van der Waals surface area contributed by atoms with Crippen LogP contribution in [-0.2, 0) is 4.74 Å². The van der Waals surface area contributed by atoms with Crippen LogP contribution < -0.4 is 0 Å². The maximum Gasteiger partial charge on any atom is 0.111 e. The maximum atomic E-state index is 10.4. The molecule has 1 fully saturated rings. The highest BCUT2D eigenvalue weighted by Crippen LogP contribution is 2.40. The molecule has 0 aliphatic carbocycles. The summed E-state index contributed by atoms with van der Waals surface area (Å²) in [5, 5.41) is 24.0. The van der Waals surface area contributed by atoms with Gasteiger partial charge in [0.05, 0.1) is 18.9 Å². The molecule has 1 aromatic rings. The molecule has 2 atom stereocenters. The van der Waals surface area contributed by atoms with Crippen molar-refractivity contribution in [1.82, 2.24) is 9.78 Å². The number of aliphatic hydroxyl groups excluding tert-OH is 1. The molecule has 0 amide bonds. The van der Waals surface area contributed by atoms with E-state index in [0.717, 1.165) is 6.42 Å². The fourth-order valence-electron chi connectivity index (χ4n) is 2.28. The van der Waals surface area contributed by atoms with Crippen molar-refractivity contribution in [3.8, 4) is 6.07 Å². The van der Waals surface area contributed by atoms with E-state index in [9.17, 15) is 10.4 Å². The molecule has 1 N–H and O–H groups in total. The van der Waals surface area contributed by atoms with E-state index in [4.69, 9.17) is 4.74 Å². The van der Waals surface area contributed by atoms with Crippen LogP contribution in [0.2, 0.25) is 0 Å². The van der Waals surface area contributed by atoms with Gasteiger partial charge in [0.15, 0.2) is 0 Å². The van der Waals surface area contributed by atoms with E-state index < -0.39 is 11.5 Å². The van der Waals surface area contributed by atoms with Crippen LogP contribution >= 0.6 is 0 Å². The second kappa shape index (κ2) is 5.09. The van der Waals surface area contributed by atoms with Crippen molar-refractivity contribution in [3.05, 3.63) is 18.0 Å². The number of nitrogens with zero attached hydrogens (tertiary/aromatic N) is 3. The van der Waals surface area contributed by atoms with Crippen molar-refractivity contribution in [1.29, 1.82) is 5.26 Å².